The molecule has 2 aromatic carbocycles. The van der Waals surface area contributed by atoms with Crippen LogP contribution in [0.1, 0.15) is 29.8 Å². The number of carbonyl (C=O) groups is 1. The minimum atomic E-state index is -0.137. The molecular weight excluding hydrogens is 362 g/mol. The lowest BCUT2D eigenvalue weighted by Gasteiger charge is -2.12. The van der Waals surface area contributed by atoms with Crippen molar-refractivity contribution in [3.8, 4) is 5.75 Å². The molecule has 3 rings (SSSR count). The highest BCUT2D eigenvalue weighted by Gasteiger charge is 2.10. The number of aromatic nitrogens is 2. The zero-order valence-corrected chi connectivity index (χ0v) is 17.3. The number of benzene rings is 2. The van der Waals surface area contributed by atoms with E-state index < -0.39 is 0 Å². The lowest BCUT2D eigenvalue weighted by molar-refractivity contribution is -0.116. The Balaban J connectivity index is 1.61. The van der Waals surface area contributed by atoms with Gasteiger partial charge in [-0.1, -0.05) is 36.4 Å². The summed E-state index contributed by atoms with van der Waals surface area (Å²) in [6.07, 6.45) is 3.84. The van der Waals surface area contributed by atoms with Crippen molar-refractivity contribution in [1.82, 2.24) is 14.9 Å². The quantitative estimate of drug-likeness (QED) is 0.413. The molecule has 0 aliphatic heterocycles. The van der Waals surface area contributed by atoms with Gasteiger partial charge in [0.15, 0.2) is 0 Å². The number of para-hydroxylation sites is 2. The maximum atomic E-state index is 11.3. The van der Waals surface area contributed by atoms with Gasteiger partial charge in [-0.2, -0.15) is 0 Å². The van der Waals surface area contributed by atoms with Gasteiger partial charge in [-0.15, -0.1) is 0 Å². The number of nitrogens with zero attached hydrogens (tertiary/aromatic N) is 2. The van der Waals surface area contributed by atoms with Crippen LogP contribution in [-0.4, -0.2) is 28.6 Å². The maximum Gasteiger partial charge on any atom is 0.243 e. The molecule has 1 amide bonds. The fourth-order valence-electron chi connectivity index (χ4n) is 3.46. The molecule has 1 heterocycles. The molecule has 152 valence electrons. The average Bonchev–Trinajstić information content (AvgIpc) is 3.07. The SMILES string of the molecule is C=CC(=O)NCCCc1nc2ccccc2n1CCCOc1ccc(C)cc1C. The molecule has 3 aromatic rings. The van der Waals surface area contributed by atoms with Gasteiger partial charge in [0.25, 0.3) is 0 Å². The summed E-state index contributed by atoms with van der Waals surface area (Å²) in [6.45, 7) is 9.76. The summed E-state index contributed by atoms with van der Waals surface area (Å²) in [7, 11) is 0. The van der Waals surface area contributed by atoms with Gasteiger partial charge in [0.1, 0.15) is 11.6 Å². The Morgan fingerprint density at radius 1 is 1.21 bits per heavy atom. The van der Waals surface area contributed by atoms with Crippen molar-refractivity contribution in [2.75, 3.05) is 13.2 Å². The minimum absolute atomic E-state index is 0.137. The number of rotatable bonds is 10. The van der Waals surface area contributed by atoms with Crippen molar-refractivity contribution in [2.24, 2.45) is 0 Å². The molecule has 0 atom stereocenters. The van der Waals surface area contributed by atoms with Crippen LogP contribution in [0.4, 0.5) is 0 Å². The Kier molecular flexibility index (Phi) is 7.06. The zero-order chi connectivity index (χ0) is 20.6. The third kappa shape index (κ3) is 5.47. The van der Waals surface area contributed by atoms with E-state index in [1.807, 2.05) is 24.3 Å². The van der Waals surface area contributed by atoms with Gasteiger partial charge in [-0.25, -0.2) is 4.98 Å². The van der Waals surface area contributed by atoms with Gasteiger partial charge in [-0.05, 0) is 56.5 Å². The number of ether oxygens (including phenoxy) is 1. The number of carbonyl (C=O) groups excluding carboxylic acids is 1. The van der Waals surface area contributed by atoms with Gasteiger partial charge < -0.3 is 14.6 Å². The first-order chi connectivity index (χ1) is 14.1. The number of imidazole rings is 1. The molecule has 1 N–H and O–H groups in total. The first-order valence-electron chi connectivity index (χ1n) is 10.1. The molecular formula is C24H29N3O2. The second kappa shape index (κ2) is 9.92. The average molecular weight is 392 g/mol. The van der Waals surface area contributed by atoms with Crippen molar-refractivity contribution < 1.29 is 9.53 Å². The summed E-state index contributed by atoms with van der Waals surface area (Å²) < 4.78 is 8.26. The van der Waals surface area contributed by atoms with Gasteiger partial charge in [0, 0.05) is 19.5 Å². The van der Waals surface area contributed by atoms with Crippen molar-refractivity contribution in [1.29, 1.82) is 0 Å². The van der Waals surface area contributed by atoms with Crippen LogP contribution in [0, 0.1) is 13.8 Å². The molecule has 0 spiro atoms. The van der Waals surface area contributed by atoms with Crippen molar-refractivity contribution in [3.63, 3.8) is 0 Å². The molecule has 0 aliphatic rings. The van der Waals surface area contributed by atoms with Crippen LogP contribution in [0.2, 0.25) is 0 Å². The molecule has 0 aliphatic carbocycles. The highest BCUT2D eigenvalue weighted by atomic mass is 16.5. The molecule has 5 heteroatoms. The molecule has 0 saturated carbocycles. The van der Waals surface area contributed by atoms with E-state index in [9.17, 15) is 4.79 Å². The largest absolute Gasteiger partial charge is 0.493 e. The fourth-order valence-corrected chi connectivity index (χ4v) is 3.46. The van der Waals surface area contributed by atoms with Gasteiger partial charge in [0.05, 0.1) is 17.6 Å². The standard InChI is InChI=1S/C24H29N3O2/c1-4-24(28)25-14-7-11-23-26-20-9-5-6-10-21(20)27(23)15-8-16-29-22-13-12-18(2)17-19(22)3/h4-6,9-10,12-13,17H,1,7-8,11,14-16H2,2-3H3,(H,25,28). The van der Waals surface area contributed by atoms with Crippen LogP contribution in [0.15, 0.2) is 55.1 Å². The lowest BCUT2D eigenvalue weighted by Crippen LogP contribution is -2.22. The molecule has 0 bridgehead atoms. The van der Waals surface area contributed by atoms with E-state index in [1.54, 1.807) is 0 Å². The first kappa shape index (κ1) is 20.6. The minimum Gasteiger partial charge on any atom is -0.493 e. The van der Waals surface area contributed by atoms with E-state index in [1.165, 1.54) is 17.2 Å². The lowest BCUT2D eigenvalue weighted by atomic mass is 10.1. The predicted octanol–water partition coefficient (Wildman–Crippen LogP) is 4.36. The Hall–Kier alpha value is -3.08. The van der Waals surface area contributed by atoms with Crippen molar-refractivity contribution in [2.45, 2.75) is 39.7 Å². The molecule has 0 fully saturated rings. The second-order valence-electron chi connectivity index (χ2n) is 7.24. The van der Waals surface area contributed by atoms with Crippen LogP contribution in [0.5, 0.6) is 5.75 Å². The molecule has 0 saturated heterocycles. The Bertz CT molecular complexity index is 991. The normalized spacial score (nSPS) is 10.8. The zero-order valence-electron chi connectivity index (χ0n) is 17.3. The molecule has 1 aromatic heterocycles. The van der Waals surface area contributed by atoms with E-state index in [0.717, 1.165) is 48.4 Å². The number of amides is 1. The number of fused-ring (bicyclic) bond motifs is 1. The second-order valence-corrected chi connectivity index (χ2v) is 7.24. The van der Waals surface area contributed by atoms with Gasteiger partial charge >= 0.3 is 0 Å². The summed E-state index contributed by atoms with van der Waals surface area (Å²) in [4.78, 5) is 16.1. The summed E-state index contributed by atoms with van der Waals surface area (Å²) >= 11 is 0. The van der Waals surface area contributed by atoms with Crippen molar-refractivity contribution >= 4 is 16.9 Å². The van der Waals surface area contributed by atoms with Crippen LogP contribution in [0.25, 0.3) is 11.0 Å². The highest BCUT2D eigenvalue weighted by molar-refractivity contribution is 5.86. The molecule has 5 nitrogen and oxygen atoms in total. The van der Waals surface area contributed by atoms with Gasteiger partial charge in [0.2, 0.25) is 5.91 Å². The number of nitrogens with one attached hydrogen (secondary N) is 1. The molecule has 0 radical (unpaired) electrons. The third-order valence-electron chi connectivity index (χ3n) is 4.91. The summed E-state index contributed by atoms with van der Waals surface area (Å²) in [5.74, 6) is 1.86. The molecule has 29 heavy (non-hydrogen) atoms. The fraction of sp³-hybridized carbons (Fsp3) is 0.333. The Morgan fingerprint density at radius 2 is 2.03 bits per heavy atom. The third-order valence-corrected chi connectivity index (χ3v) is 4.91. The molecule has 0 unspecified atom stereocenters. The number of aryl methyl sites for hydroxylation is 4. The van der Waals surface area contributed by atoms with Crippen LogP contribution in [0.3, 0.4) is 0 Å². The first-order valence-corrected chi connectivity index (χ1v) is 10.1. The summed E-state index contributed by atoms with van der Waals surface area (Å²) in [5, 5.41) is 2.82. The van der Waals surface area contributed by atoms with Gasteiger partial charge in [-0.3, -0.25) is 4.79 Å². The number of hydrogen-bond acceptors (Lipinski definition) is 3. The highest BCUT2D eigenvalue weighted by Crippen LogP contribution is 2.20. The smallest absolute Gasteiger partial charge is 0.243 e. The monoisotopic (exact) mass is 391 g/mol. The van der Waals surface area contributed by atoms with E-state index in [4.69, 9.17) is 9.72 Å². The van der Waals surface area contributed by atoms with Crippen LogP contribution < -0.4 is 10.1 Å². The van der Waals surface area contributed by atoms with E-state index in [0.29, 0.717) is 13.2 Å². The Labute approximate surface area is 172 Å². The Morgan fingerprint density at radius 3 is 2.83 bits per heavy atom. The van der Waals surface area contributed by atoms with E-state index in [2.05, 4.69) is 48.5 Å². The van der Waals surface area contributed by atoms with Crippen LogP contribution >= 0.6 is 0 Å². The van der Waals surface area contributed by atoms with E-state index >= 15 is 0 Å². The topological polar surface area (TPSA) is 56.2 Å². The van der Waals surface area contributed by atoms with E-state index in [-0.39, 0.29) is 5.91 Å². The predicted molar refractivity (Wildman–Crippen MR) is 117 cm³/mol. The maximum absolute atomic E-state index is 11.3. The summed E-state index contributed by atoms with van der Waals surface area (Å²) in [5.41, 5.74) is 4.56. The van der Waals surface area contributed by atoms with Crippen molar-refractivity contribution in [3.05, 3.63) is 72.1 Å². The number of hydrogen-bond donors (Lipinski definition) is 1. The summed E-state index contributed by atoms with van der Waals surface area (Å²) in [6, 6.07) is 14.5. The van der Waals surface area contributed by atoms with Crippen LogP contribution in [-0.2, 0) is 17.8 Å².